The summed E-state index contributed by atoms with van der Waals surface area (Å²) < 4.78 is 41.3. The molecule has 2 heterocycles. The third-order valence-corrected chi connectivity index (χ3v) is 5.78. The van der Waals surface area contributed by atoms with Crippen molar-refractivity contribution < 1.29 is 18.0 Å². The Morgan fingerprint density at radius 3 is 2.22 bits per heavy atom. The Bertz CT molecular complexity index is 1040. The second kappa shape index (κ2) is 9.08. The standard InChI is InChI=1S/C24H23F3N4O/c1-30(22-13-12-21(28-29-22)18-10-6-3-7-11-18)23(32)19-15-31(16-20(19)24(25,26)27)14-17-8-4-2-5-9-17/h2-13,19-20H,14-16H2,1H3/t19-,20+/m1/s1. The van der Waals surface area contributed by atoms with Crippen LogP contribution in [0.15, 0.2) is 72.8 Å². The number of benzene rings is 2. The lowest BCUT2D eigenvalue weighted by Crippen LogP contribution is -2.41. The quantitative estimate of drug-likeness (QED) is 0.590. The summed E-state index contributed by atoms with van der Waals surface area (Å²) in [4.78, 5) is 16.0. The van der Waals surface area contributed by atoms with Crippen LogP contribution in [0.2, 0.25) is 0 Å². The lowest BCUT2D eigenvalue weighted by molar-refractivity contribution is -0.182. The Kier molecular flexibility index (Phi) is 6.23. The molecule has 4 rings (SSSR count). The molecule has 0 saturated carbocycles. The van der Waals surface area contributed by atoms with Gasteiger partial charge in [-0.25, -0.2) is 0 Å². The van der Waals surface area contributed by atoms with Crippen molar-refractivity contribution in [1.82, 2.24) is 15.1 Å². The molecule has 1 amide bonds. The van der Waals surface area contributed by atoms with Gasteiger partial charge in [-0.2, -0.15) is 13.2 Å². The van der Waals surface area contributed by atoms with Gasteiger partial charge in [-0.05, 0) is 17.7 Å². The number of rotatable bonds is 5. The van der Waals surface area contributed by atoms with Gasteiger partial charge in [0.1, 0.15) is 0 Å². The molecule has 1 aromatic heterocycles. The summed E-state index contributed by atoms with van der Waals surface area (Å²) in [5, 5.41) is 8.22. The monoisotopic (exact) mass is 440 g/mol. The van der Waals surface area contributed by atoms with Crippen LogP contribution in [0.4, 0.5) is 19.0 Å². The average Bonchev–Trinajstić information content (AvgIpc) is 3.24. The lowest BCUT2D eigenvalue weighted by Gasteiger charge is -2.25. The molecule has 2 aromatic carbocycles. The smallest absolute Gasteiger partial charge is 0.298 e. The average molecular weight is 440 g/mol. The molecule has 0 N–H and O–H groups in total. The number of hydrogen-bond donors (Lipinski definition) is 0. The van der Waals surface area contributed by atoms with E-state index in [1.807, 2.05) is 60.7 Å². The van der Waals surface area contributed by atoms with Gasteiger partial charge in [0.2, 0.25) is 5.91 Å². The van der Waals surface area contributed by atoms with E-state index in [0.29, 0.717) is 12.2 Å². The van der Waals surface area contributed by atoms with E-state index in [2.05, 4.69) is 10.2 Å². The van der Waals surface area contributed by atoms with Gasteiger partial charge < -0.3 is 0 Å². The van der Waals surface area contributed by atoms with Crippen molar-refractivity contribution in [2.24, 2.45) is 11.8 Å². The third-order valence-electron chi connectivity index (χ3n) is 5.78. The Morgan fingerprint density at radius 2 is 1.62 bits per heavy atom. The topological polar surface area (TPSA) is 49.3 Å². The molecule has 8 heteroatoms. The second-order valence-electron chi connectivity index (χ2n) is 7.97. The second-order valence-corrected chi connectivity index (χ2v) is 7.97. The summed E-state index contributed by atoms with van der Waals surface area (Å²) in [5.74, 6) is -3.31. The zero-order chi connectivity index (χ0) is 22.7. The maximum Gasteiger partial charge on any atom is 0.393 e. The summed E-state index contributed by atoms with van der Waals surface area (Å²) in [6.45, 7) is 0.200. The number of nitrogens with zero attached hydrogens (tertiary/aromatic N) is 4. The first-order chi connectivity index (χ1) is 15.3. The maximum absolute atomic E-state index is 13.8. The van der Waals surface area contributed by atoms with Crippen LogP contribution in [0.25, 0.3) is 11.3 Å². The van der Waals surface area contributed by atoms with Crippen molar-refractivity contribution in [1.29, 1.82) is 0 Å². The van der Waals surface area contributed by atoms with Crippen molar-refractivity contribution in [3.05, 3.63) is 78.4 Å². The SMILES string of the molecule is CN(C(=O)[C@@H]1CN(Cc2ccccc2)C[C@@H]1C(F)(F)F)c1ccc(-c2ccccc2)nn1. The zero-order valence-corrected chi connectivity index (χ0v) is 17.5. The van der Waals surface area contributed by atoms with E-state index in [9.17, 15) is 18.0 Å². The number of amides is 1. The molecule has 2 atom stereocenters. The minimum atomic E-state index is -4.46. The highest BCUT2D eigenvalue weighted by Gasteiger charge is 2.53. The molecule has 3 aromatic rings. The highest BCUT2D eigenvalue weighted by molar-refractivity contribution is 5.94. The first kappa shape index (κ1) is 22.0. The number of anilines is 1. The number of hydrogen-bond acceptors (Lipinski definition) is 4. The third kappa shape index (κ3) is 4.80. The van der Waals surface area contributed by atoms with E-state index in [0.717, 1.165) is 11.1 Å². The van der Waals surface area contributed by atoms with Gasteiger partial charge in [-0.1, -0.05) is 60.7 Å². The van der Waals surface area contributed by atoms with Crippen LogP contribution in [-0.2, 0) is 11.3 Å². The summed E-state index contributed by atoms with van der Waals surface area (Å²) in [6, 6.07) is 22.0. The molecule has 1 saturated heterocycles. The largest absolute Gasteiger partial charge is 0.393 e. The summed E-state index contributed by atoms with van der Waals surface area (Å²) in [7, 11) is 1.45. The Balaban J connectivity index is 1.50. The summed E-state index contributed by atoms with van der Waals surface area (Å²) >= 11 is 0. The molecule has 32 heavy (non-hydrogen) atoms. The molecule has 0 bridgehead atoms. The van der Waals surface area contributed by atoms with E-state index < -0.39 is 23.9 Å². The molecular weight excluding hydrogens is 417 g/mol. The molecular formula is C24H23F3N4O. The zero-order valence-electron chi connectivity index (χ0n) is 17.5. The fraction of sp³-hybridized carbons (Fsp3) is 0.292. The van der Waals surface area contributed by atoms with Gasteiger partial charge in [0.05, 0.1) is 17.5 Å². The van der Waals surface area contributed by atoms with E-state index >= 15 is 0 Å². The summed E-state index contributed by atoms with van der Waals surface area (Å²) in [6.07, 6.45) is -4.46. The molecule has 1 aliphatic heterocycles. The van der Waals surface area contributed by atoms with Gasteiger partial charge in [0.25, 0.3) is 0 Å². The lowest BCUT2D eigenvalue weighted by atomic mass is 9.94. The van der Waals surface area contributed by atoms with E-state index in [4.69, 9.17) is 0 Å². The van der Waals surface area contributed by atoms with E-state index in [1.165, 1.54) is 11.9 Å². The molecule has 1 aliphatic rings. The van der Waals surface area contributed by atoms with Gasteiger partial charge in [-0.3, -0.25) is 14.6 Å². The van der Waals surface area contributed by atoms with Crippen molar-refractivity contribution in [2.75, 3.05) is 25.0 Å². The first-order valence-electron chi connectivity index (χ1n) is 10.3. The fourth-order valence-electron chi connectivity index (χ4n) is 4.07. The predicted octanol–water partition coefficient (Wildman–Crippen LogP) is 4.42. The predicted molar refractivity (Wildman–Crippen MR) is 116 cm³/mol. The summed E-state index contributed by atoms with van der Waals surface area (Å²) in [5.41, 5.74) is 2.40. The normalized spacial score (nSPS) is 19.1. The van der Waals surface area contributed by atoms with Crippen LogP contribution in [0.5, 0.6) is 0 Å². The van der Waals surface area contributed by atoms with Crippen LogP contribution < -0.4 is 4.90 Å². The van der Waals surface area contributed by atoms with Gasteiger partial charge in [-0.15, -0.1) is 10.2 Å². The first-order valence-corrected chi connectivity index (χ1v) is 10.3. The molecule has 0 unspecified atom stereocenters. The highest BCUT2D eigenvalue weighted by atomic mass is 19.4. The Morgan fingerprint density at radius 1 is 0.969 bits per heavy atom. The molecule has 0 spiro atoms. The molecule has 1 fully saturated rings. The number of halogens is 3. The number of carbonyl (C=O) groups excluding carboxylic acids is 1. The van der Waals surface area contributed by atoms with Crippen molar-refractivity contribution in [2.45, 2.75) is 12.7 Å². The van der Waals surface area contributed by atoms with Crippen LogP contribution >= 0.6 is 0 Å². The van der Waals surface area contributed by atoms with E-state index in [1.54, 1.807) is 17.0 Å². The highest BCUT2D eigenvalue weighted by Crippen LogP contribution is 2.39. The van der Waals surface area contributed by atoms with Crippen LogP contribution in [-0.4, -0.2) is 47.3 Å². The molecule has 166 valence electrons. The number of alkyl halides is 3. The van der Waals surface area contributed by atoms with Crippen molar-refractivity contribution >= 4 is 11.7 Å². The van der Waals surface area contributed by atoms with Gasteiger partial charge in [0, 0.05) is 32.2 Å². The van der Waals surface area contributed by atoms with Gasteiger partial charge >= 0.3 is 6.18 Å². The van der Waals surface area contributed by atoms with Crippen molar-refractivity contribution in [3.63, 3.8) is 0 Å². The van der Waals surface area contributed by atoms with Crippen LogP contribution in [0, 0.1) is 11.8 Å². The molecule has 0 radical (unpaired) electrons. The van der Waals surface area contributed by atoms with E-state index in [-0.39, 0.29) is 18.9 Å². The van der Waals surface area contributed by atoms with Gasteiger partial charge in [0.15, 0.2) is 5.82 Å². The van der Waals surface area contributed by atoms with Crippen molar-refractivity contribution in [3.8, 4) is 11.3 Å². The number of aromatic nitrogens is 2. The molecule has 5 nitrogen and oxygen atoms in total. The Hall–Kier alpha value is -3.26. The maximum atomic E-state index is 13.8. The minimum Gasteiger partial charge on any atom is -0.298 e. The van der Waals surface area contributed by atoms with Crippen LogP contribution in [0.1, 0.15) is 5.56 Å². The number of carbonyl (C=O) groups is 1. The molecule has 0 aliphatic carbocycles. The fourth-order valence-corrected chi connectivity index (χ4v) is 4.07. The minimum absolute atomic E-state index is 0.0395. The number of likely N-dealkylation sites (tertiary alicyclic amines) is 1. The van der Waals surface area contributed by atoms with Crippen LogP contribution in [0.3, 0.4) is 0 Å². The Labute approximate surface area is 184 Å².